The van der Waals surface area contributed by atoms with Crippen molar-refractivity contribution in [2.75, 3.05) is 37.6 Å². The molecule has 1 aromatic carbocycles. The van der Waals surface area contributed by atoms with Crippen LogP contribution < -0.4 is 10.2 Å². The molecule has 3 aliphatic rings. The van der Waals surface area contributed by atoms with Crippen molar-refractivity contribution >= 4 is 23.5 Å². The SMILES string of the molecule is Cc1cccc(N2CCN(C(=O)CN3C(=O)NC4(CCC(C(C)(C)C)CC4)C3=O)CC2)c1C. The van der Waals surface area contributed by atoms with Crippen LogP contribution in [-0.2, 0) is 9.59 Å². The maximum atomic E-state index is 13.2. The Morgan fingerprint density at radius 1 is 1.06 bits per heavy atom. The quantitative estimate of drug-likeness (QED) is 0.710. The molecule has 1 saturated carbocycles. The molecule has 1 spiro atoms. The number of hydrogen-bond donors (Lipinski definition) is 1. The van der Waals surface area contributed by atoms with Crippen molar-refractivity contribution < 1.29 is 14.4 Å². The van der Waals surface area contributed by atoms with Crippen molar-refractivity contribution in [1.82, 2.24) is 15.1 Å². The number of carbonyl (C=O) groups excluding carboxylic acids is 3. The van der Waals surface area contributed by atoms with Gasteiger partial charge in [0.05, 0.1) is 0 Å². The average molecular weight is 455 g/mol. The van der Waals surface area contributed by atoms with Gasteiger partial charge < -0.3 is 15.1 Å². The van der Waals surface area contributed by atoms with Gasteiger partial charge in [0, 0.05) is 31.9 Å². The monoisotopic (exact) mass is 454 g/mol. The second-order valence-electron chi connectivity index (χ2n) is 11.1. The maximum absolute atomic E-state index is 13.2. The van der Waals surface area contributed by atoms with Crippen molar-refractivity contribution in [3.05, 3.63) is 29.3 Å². The molecule has 0 aromatic heterocycles. The van der Waals surface area contributed by atoms with Crippen LogP contribution in [0.15, 0.2) is 18.2 Å². The highest BCUT2D eigenvalue weighted by Crippen LogP contribution is 2.43. The third kappa shape index (κ3) is 4.46. The summed E-state index contributed by atoms with van der Waals surface area (Å²) in [7, 11) is 0. The minimum atomic E-state index is -0.819. The summed E-state index contributed by atoms with van der Waals surface area (Å²) < 4.78 is 0. The summed E-state index contributed by atoms with van der Waals surface area (Å²) in [4.78, 5) is 44.2. The highest BCUT2D eigenvalue weighted by molar-refractivity contribution is 6.09. The topological polar surface area (TPSA) is 73.0 Å². The fourth-order valence-corrected chi connectivity index (χ4v) is 5.65. The molecule has 4 rings (SSSR count). The van der Waals surface area contributed by atoms with Crippen LogP contribution in [0.2, 0.25) is 0 Å². The molecule has 180 valence electrons. The van der Waals surface area contributed by atoms with E-state index in [0.29, 0.717) is 31.8 Å². The summed E-state index contributed by atoms with van der Waals surface area (Å²) in [6, 6.07) is 5.88. The zero-order valence-electron chi connectivity index (χ0n) is 20.7. The maximum Gasteiger partial charge on any atom is 0.325 e. The van der Waals surface area contributed by atoms with Crippen molar-refractivity contribution in [3.63, 3.8) is 0 Å². The van der Waals surface area contributed by atoms with E-state index in [0.717, 1.165) is 30.8 Å². The van der Waals surface area contributed by atoms with E-state index in [1.165, 1.54) is 16.8 Å². The molecule has 7 nitrogen and oxygen atoms in total. The Morgan fingerprint density at radius 2 is 1.70 bits per heavy atom. The molecule has 33 heavy (non-hydrogen) atoms. The molecule has 1 aliphatic carbocycles. The lowest BCUT2D eigenvalue weighted by molar-refractivity contribution is -0.140. The van der Waals surface area contributed by atoms with Crippen LogP contribution in [0.25, 0.3) is 0 Å². The first kappa shape index (κ1) is 23.6. The molecule has 2 heterocycles. The van der Waals surface area contributed by atoms with Gasteiger partial charge in [-0.15, -0.1) is 0 Å². The first-order chi connectivity index (χ1) is 15.5. The number of anilines is 1. The third-order valence-electron chi connectivity index (χ3n) is 8.15. The van der Waals surface area contributed by atoms with E-state index >= 15 is 0 Å². The van der Waals surface area contributed by atoms with Gasteiger partial charge in [0.25, 0.3) is 5.91 Å². The standard InChI is InChI=1S/C26H38N4O3/c1-18-7-6-8-21(19(18)2)28-13-15-29(16-14-28)22(31)17-30-23(32)26(27-24(30)33)11-9-20(10-12-26)25(3,4)5/h6-8,20H,9-17H2,1-5H3,(H,27,33). The van der Waals surface area contributed by atoms with Crippen LogP contribution in [-0.4, -0.2) is 65.9 Å². The number of nitrogens with zero attached hydrogens (tertiary/aromatic N) is 3. The number of piperazine rings is 1. The van der Waals surface area contributed by atoms with Crippen LogP contribution in [0.4, 0.5) is 10.5 Å². The Kier molecular flexibility index (Phi) is 6.18. The fraction of sp³-hybridized carbons (Fsp3) is 0.654. The van der Waals surface area contributed by atoms with Crippen molar-refractivity contribution in [2.24, 2.45) is 11.3 Å². The van der Waals surface area contributed by atoms with Crippen LogP contribution in [0.5, 0.6) is 0 Å². The van der Waals surface area contributed by atoms with Crippen LogP contribution in [0, 0.1) is 25.2 Å². The zero-order chi connectivity index (χ0) is 24.0. The molecule has 2 saturated heterocycles. The Hall–Kier alpha value is -2.57. The fourth-order valence-electron chi connectivity index (χ4n) is 5.65. The molecule has 0 radical (unpaired) electrons. The van der Waals surface area contributed by atoms with Crippen molar-refractivity contribution in [3.8, 4) is 0 Å². The number of imide groups is 1. The predicted octanol–water partition coefficient (Wildman–Crippen LogP) is 3.48. The molecule has 0 atom stereocenters. The van der Waals surface area contributed by atoms with E-state index in [2.05, 4.69) is 63.0 Å². The summed E-state index contributed by atoms with van der Waals surface area (Å²) in [5.41, 5.74) is 3.12. The number of rotatable bonds is 3. The Balaban J connectivity index is 1.34. The molecule has 1 N–H and O–H groups in total. The van der Waals surface area contributed by atoms with E-state index in [1.807, 2.05) is 0 Å². The average Bonchev–Trinajstić information content (AvgIpc) is 2.99. The summed E-state index contributed by atoms with van der Waals surface area (Å²) in [6.45, 7) is 13.4. The second-order valence-corrected chi connectivity index (χ2v) is 11.1. The number of aryl methyl sites for hydroxylation is 1. The highest BCUT2D eigenvalue weighted by atomic mass is 16.2. The molecule has 4 amide bonds. The van der Waals surface area contributed by atoms with Gasteiger partial charge in [-0.2, -0.15) is 0 Å². The zero-order valence-corrected chi connectivity index (χ0v) is 20.7. The molecule has 3 fully saturated rings. The lowest BCUT2D eigenvalue weighted by atomic mass is 9.67. The number of benzene rings is 1. The molecule has 7 heteroatoms. The predicted molar refractivity (Wildman–Crippen MR) is 129 cm³/mol. The lowest BCUT2D eigenvalue weighted by Gasteiger charge is -2.40. The van der Waals surface area contributed by atoms with Crippen LogP contribution >= 0.6 is 0 Å². The molecular weight excluding hydrogens is 416 g/mol. The van der Waals surface area contributed by atoms with Gasteiger partial charge in [-0.05, 0) is 68.1 Å². The van der Waals surface area contributed by atoms with E-state index in [9.17, 15) is 14.4 Å². The van der Waals surface area contributed by atoms with Crippen molar-refractivity contribution in [1.29, 1.82) is 0 Å². The number of amides is 4. The van der Waals surface area contributed by atoms with Gasteiger partial charge in [0.15, 0.2) is 0 Å². The van der Waals surface area contributed by atoms with E-state index < -0.39 is 11.6 Å². The summed E-state index contributed by atoms with van der Waals surface area (Å²) in [6.07, 6.45) is 3.13. The minimum absolute atomic E-state index is 0.153. The molecular formula is C26H38N4O3. The first-order valence-corrected chi connectivity index (χ1v) is 12.2. The van der Waals surface area contributed by atoms with Crippen LogP contribution in [0.1, 0.15) is 57.6 Å². The van der Waals surface area contributed by atoms with E-state index in [1.54, 1.807) is 4.90 Å². The van der Waals surface area contributed by atoms with Crippen molar-refractivity contribution in [2.45, 2.75) is 65.8 Å². The highest BCUT2D eigenvalue weighted by Gasteiger charge is 2.53. The number of nitrogens with one attached hydrogen (secondary N) is 1. The lowest BCUT2D eigenvalue weighted by Crippen LogP contribution is -2.53. The van der Waals surface area contributed by atoms with Gasteiger partial charge in [-0.25, -0.2) is 4.79 Å². The summed E-state index contributed by atoms with van der Waals surface area (Å²) >= 11 is 0. The number of carbonyl (C=O) groups is 3. The molecule has 0 bridgehead atoms. The Labute approximate surface area is 197 Å². The Morgan fingerprint density at radius 3 is 2.30 bits per heavy atom. The van der Waals surface area contributed by atoms with Crippen LogP contribution in [0.3, 0.4) is 0 Å². The molecule has 1 aromatic rings. The van der Waals surface area contributed by atoms with Gasteiger partial charge >= 0.3 is 6.03 Å². The summed E-state index contributed by atoms with van der Waals surface area (Å²) in [5, 5.41) is 2.95. The third-order valence-corrected chi connectivity index (χ3v) is 8.15. The van der Waals surface area contributed by atoms with E-state index in [4.69, 9.17) is 0 Å². The first-order valence-electron chi connectivity index (χ1n) is 12.2. The van der Waals surface area contributed by atoms with E-state index in [-0.39, 0.29) is 23.8 Å². The molecule has 0 unspecified atom stereocenters. The van der Waals surface area contributed by atoms with Gasteiger partial charge in [0.2, 0.25) is 5.91 Å². The normalized spacial score (nSPS) is 26.2. The number of urea groups is 1. The summed E-state index contributed by atoms with van der Waals surface area (Å²) in [5.74, 6) is 0.165. The Bertz CT molecular complexity index is 935. The largest absolute Gasteiger partial charge is 0.368 e. The molecule has 2 aliphatic heterocycles. The second kappa shape index (κ2) is 8.65. The number of hydrogen-bond acceptors (Lipinski definition) is 4. The minimum Gasteiger partial charge on any atom is -0.368 e. The smallest absolute Gasteiger partial charge is 0.325 e. The van der Waals surface area contributed by atoms with Gasteiger partial charge in [-0.3, -0.25) is 14.5 Å². The van der Waals surface area contributed by atoms with Gasteiger partial charge in [-0.1, -0.05) is 32.9 Å². The van der Waals surface area contributed by atoms with Gasteiger partial charge in [0.1, 0.15) is 12.1 Å².